The molecule has 0 amide bonds. The Bertz CT molecular complexity index is 197. The number of hydrogen-bond donors (Lipinski definition) is 0. The van der Waals surface area contributed by atoms with Gasteiger partial charge in [0.15, 0.2) is 5.12 Å². The van der Waals surface area contributed by atoms with E-state index in [2.05, 4.69) is 0 Å². The lowest BCUT2D eigenvalue weighted by Gasteiger charge is -2.28. The lowest BCUT2D eigenvalue weighted by molar-refractivity contribution is -0.109. The van der Waals surface area contributed by atoms with Gasteiger partial charge in [-0.3, -0.25) is 4.79 Å². The summed E-state index contributed by atoms with van der Waals surface area (Å²) in [6.07, 6.45) is 0.885. The fraction of sp³-hybridized carbons (Fsp3) is 0.909. The largest absolute Gasteiger partial charge is 0.500 e. The van der Waals surface area contributed by atoms with Crippen LogP contribution in [0.15, 0.2) is 0 Å². The van der Waals surface area contributed by atoms with Gasteiger partial charge < -0.3 is 13.3 Å². The highest BCUT2D eigenvalue weighted by Crippen LogP contribution is 2.19. The lowest BCUT2D eigenvalue weighted by Crippen LogP contribution is -2.46. The molecule has 0 atom stereocenters. The van der Waals surface area contributed by atoms with Crippen molar-refractivity contribution in [1.29, 1.82) is 0 Å². The monoisotopic (exact) mass is 280 g/mol. The number of thioether (sulfide) groups is 1. The Balaban J connectivity index is 4.18. The van der Waals surface area contributed by atoms with Crippen LogP contribution < -0.4 is 0 Å². The minimum absolute atomic E-state index is 0.154. The van der Waals surface area contributed by atoms with E-state index in [9.17, 15) is 4.79 Å². The molecule has 0 spiro atoms. The summed E-state index contributed by atoms with van der Waals surface area (Å²) in [5.74, 6) is 0.803. The summed E-state index contributed by atoms with van der Waals surface area (Å²) >= 11 is 1.34. The van der Waals surface area contributed by atoms with E-state index in [0.717, 1.165) is 18.2 Å². The third-order valence-electron chi connectivity index (χ3n) is 2.03. The molecule has 4 nitrogen and oxygen atoms in total. The van der Waals surface area contributed by atoms with Crippen molar-refractivity contribution >= 4 is 25.7 Å². The van der Waals surface area contributed by atoms with Crippen LogP contribution in [0.5, 0.6) is 0 Å². The van der Waals surface area contributed by atoms with Gasteiger partial charge in [0.05, 0.1) is 0 Å². The molecule has 0 rings (SSSR count). The summed E-state index contributed by atoms with van der Waals surface area (Å²) in [6, 6.07) is 0.781. The first kappa shape index (κ1) is 17.1. The lowest BCUT2D eigenvalue weighted by atomic mass is 10.6. The molecule has 0 heterocycles. The van der Waals surface area contributed by atoms with Crippen LogP contribution in [0, 0.1) is 0 Å². The minimum Gasteiger partial charge on any atom is -0.374 e. The second-order valence-corrected chi connectivity index (χ2v) is 7.43. The Morgan fingerprint density at radius 1 is 1.06 bits per heavy atom. The van der Waals surface area contributed by atoms with Gasteiger partial charge in [-0.25, -0.2) is 0 Å². The summed E-state index contributed by atoms with van der Waals surface area (Å²) < 4.78 is 17.2. The van der Waals surface area contributed by atoms with Crippen LogP contribution in [0.4, 0.5) is 0 Å². The number of rotatable bonds is 10. The van der Waals surface area contributed by atoms with Crippen molar-refractivity contribution in [2.75, 3.05) is 25.6 Å². The standard InChI is InChI=1S/C11H24O4SSi/c1-5-13-17(14-6-2,15-7-3)10-8-9-16-11(4)12/h5-10H2,1-4H3. The smallest absolute Gasteiger partial charge is 0.374 e. The van der Waals surface area contributed by atoms with Crippen molar-refractivity contribution in [1.82, 2.24) is 0 Å². The Labute approximate surface area is 110 Å². The molecule has 0 unspecified atom stereocenters. The third kappa shape index (κ3) is 7.94. The maximum atomic E-state index is 10.8. The topological polar surface area (TPSA) is 44.8 Å². The van der Waals surface area contributed by atoms with E-state index in [4.69, 9.17) is 13.3 Å². The zero-order valence-electron chi connectivity index (χ0n) is 11.3. The van der Waals surface area contributed by atoms with E-state index >= 15 is 0 Å². The summed E-state index contributed by atoms with van der Waals surface area (Å²) in [7, 11) is -2.49. The molecule has 6 heteroatoms. The number of carbonyl (C=O) groups excluding carboxylic acids is 1. The Hall–Kier alpha value is 0.117. The fourth-order valence-electron chi connectivity index (χ4n) is 1.51. The number of hydrogen-bond acceptors (Lipinski definition) is 5. The van der Waals surface area contributed by atoms with Crippen molar-refractivity contribution in [3.63, 3.8) is 0 Å². The van der Waals surface area contributed by atoms with Crippen LogP contribution in [0.2, 0.25) is 6.04 Å². The molecule has 0 fully saturated rings. The van der Waals surface area contributed by atoms with Gasteiger partial charge in [0, 0.05) is 38.5 Å². The average Bonchev–Trinajstić information content (AvgIpc) is 2.25. The molecule has 0 aliphatic rings. The Kier molecular flexibility index (Phi) is 10.1. The summed E-state index contributed by atoms with van der Waals surface area (Å²) in [6.45, 7) is 9.24. The molecule has 0 aromatic heterocycles. The van der Waals surface area contributed by atoms with E-state index in [1.807, 2.05) is 20.8 Å². The first-order valence-corrected chi connectivity index (χ1v) is 9.07. The molecular formula is C11H24O4SSi. The van der Waals surface area contributed by atoms with Gasteiger partial charge in [0.1, 0.15) is 0 Å². The van der Waals surface area contributed by atoms with E-state index in [-0.39, 0.29) is 5.12 Å². The summed E-state index contributed by atoms with van der Waals surface area (Å²) in [5, 5.41) is 0.154. The van der Waals surface area contributed by atoms with Crippen LogP contribution >= 0.6 is 11.8 Å². The second-order valence-electron chi connectivity index (χ2n) is 3.43. The normalized spacial score (nSPS) is 11.8. The quantitative estimate of drug-likeness (QED) is 0.455. The van der Waals surface area contributed by atoms with Gasteiger partial charge in [-0.05, 0) is 27.2 Å². The zero-order chi connectivity index (χ0) is 13.1. The SMILES string of the molecule is CCO[Si](CCCSC(C)=O)(OCC)OCC. The summed E-state index contributed by atoms with van der Waals surface area (Å²) in [5.41, 5.74) is 0. The first-order valence-electron chi connectivity index (χ1n) is 6.15. The average molecular weight is 280 g/mol. The molecule has 0 N–H and O–H groups in total. The van der Waals surface area contributed by atoms with Crippen LogP contribution in [0.1, 0.15) is 34.1 Å². The second kappa shape index (κ2) is 10.1. The molecule has 0 saturated carbocycles. The van der Waals surface area contributed by atoms with Gasteiger partial charge in [0.2, 0.25) is 0 Å². The fourth-order valence-corrected chi connectivity index (χ4v) is 4.95. The maximum Gasteiger partial charge on any atom is 0.500 e. The van der Waals surface area contributed by atoms with Crippen LogP contribution in [-0.2, 0) is 18.1 Å². The van der Waals surface area contributed by atoms with Crippen molar-refractivity contribution in [2.45, 2.75) is 40.2 Å². The first-order chi connectivity index (χ1) is 8.10. The third-order valence-corrected chi connectivity index (χ3v) is 6.08. The predicted molar refractivity (Wildman–Crippen MR) is 73.2 cm³/mol. The van der Waals surface area contributed by atoms with Crippen LogP contribution in [0.25, 0.3) is 0 Å². The zero-order valence-corrected chi connectivity index (χ0v) is 13.1. The van der Waals surface area contributed by atoms with Crippen molar-refractivity contribution in [3.8, 4) is 0 Å². The van der Waals surface area contributed by atoms with Crippen molar-refractivity contribution in [3.05, 3.63) is 0 Å². The Morgan fingerprint density at radius 3 is 1.88 bits per heavy atom. The number of carbonyl (C=O) groups is 1. The molecule has 0 aliphatic heterocycles. The van der Waals surface area contributed by atoms with E-state index < -0.39 is 8.80 Å². The van der Waals surface area contributed by atoms with Gasteiger partial charge in [0.25, 0.3) is 0 Å². The highest BCUT2D eigenvalue weighted by molar-refractivity contribution is 8.13. The van der Waals surface area contributed by atoms with Gasteiger partial charge >= 0.3 is 8.80 Å². The van der Waals surface area contributed by atoms with Crippen LogP contribution in [-0.4, -0.2) is 39.5 Å². The molecule has 0 aromatic rings. The predicted octanol–water partition coefficient (Wildman–Crippen LogP) is 2.70. The van der Waals surface area contributed by atoms with Gasteiger partial charge in [-0.2, -0.15) is 0 Å². The molecule has 0 radical (unpaired) electrons. The highest BCUT2D eigenvalue weighted by Gasteiger charge is 2.39. The molecule has 102 valence electrons. The maximum absolute atomic E-state index is 10.8. The summed E-state index contributed by atoms with van der Waals surface area (Å²) in [4.78, 5) is 10.8. The van der Waals surface area contributed by atoms with E-state index in [0.29, 0.717) is 19.8 Å². The molecule has 0 saturated heterocycles. The molecule has 0 aromatic carbocycles. The molecule has 17 heavy (non-hydrogen) atoms. The van der Waals surface area contributed by atoms with Crippen molar-refractivity contribution in [2.24, 2.45) is 0 Å². The van der Waals surface area contributed by atoms with Gasteiger partial charge in [-0.1, -0.05) is 11.8 Å². The van der Waals surface area contributed by atoms with E-state index in [1.54, 1.807) is 6.92 Å². The van der Waals surface area contributed by atoms with Crippen LogP contribution in [0.3, 0.4) is 0 Å². The van der Waals surface area contributed by atoms with Gasteiger partial charge in [-0.15, -0.1) is 0 Å². The molecule has 0 aliphatic carbocycles. The molecular weight excluding hydrogens is 256 g/mol. The van der Waals surface area contributed by atoms with Crippen molar-refractivity contribution < 1.29 is 18.1 Å². The van der Waals surface area contributed by atoms with E-state index in [1.165, 1.54) is 11.8 Å². The minimum atomic E-state index is -2.49. The Morgan fingerprint density at radius 2 is 1.53 bits per heavy atom. The molecule has 0 bridgehead atoms. The highest BCUT2D eigenvalue weighted by atomic mass is 32.2.